The maximum atomic E-state index is 13.4. The number of nitrogens with one attached hydrogen (secondary N) is 1. The number of hydrogen-bond acceptors (Lipinski definition) is 3. The average molecular weight is 445 g/mol. The summed E-state index contributed by atoms with van der Waals surface area (Å²) in [5, 5.41) is 3.22. The van der Waals surface area contributed by atoms with Gasteiger partial charge in [-0.1, -0.05) is 60.5 Å². The van der Waals surface area contributed by atoms with Crippen LogP contribution in [0, 0.1) is 6.92 Å². The Hall–Kier alpha value is -3.08. The minimum Gasteiger partial charge on any atom is -0.482 e. The van der Waals surface area contributed by atoms with Crippen LogP contribution < -0.4 is 5.32 Å². The van der Waals surface area contributed by atoms with E-state index in [-0.39, 0.29) is 36.5 Å². The Morgan fingerprint density at radius 2 is 1.94 bits per heavy atom. The Kier molecular flexibility index (Phi) is 6.21. The van der Waals surface area contributed by atoms with Gasteiger partial charge in [0.05, 0.1) is 12.1 Å². The molecule has 0 radical (unpaired) electrons. The van der Waals surface area contributed by atoms with Crippen LogP contribution in [0.25, 0.3) is 6.08 Å². The number of morpholine rings is 1. The summed E-state index contributed by atoms with van der Waals surface area (Å²) in [7, 11) is 0. The van der Waals surface area contributed by atoms with Crippen LogP contribution in [0.1, 0.15) is 66.8 Å². The molecule has 2 fully saturated rings. The molecule has 1 heterocycles. The van der Waals surface area contributed by atoms with Crippen molar-refractivity contribution in [3.63, 3.8) is 0 Å². The minimum absolute atomic E-state index is 0.0167. The Morgan fingerprint density at radius 1 is 1.09 bits per heavy atom. The number of carbonyl (C=O) groups excluding carboxylic acids is 2. The number of aryl methyl sites for hydroxylation is 2. The van der Waals surface area contributed by atoms with Crippen LogP contribution in [0.5, 0.6) is 0 Å². The molecule has 2 aliphatic carbocycles. The third-order valence-corrected chi connectivity index (χ3v) is 7.18. The van der Waals surface area contributed by atoms with Crippen molar-refractivity contribution in [1.29, 1.82) is 0 Å². The van der Waals surface area contributed by atoms with Crippen LogP contribution in [-0.2, 0) is 20.7 Å². The highest BCUT2D eigenvalue weighted by Gasteiger charge is 2.42. The van der Waals surface area contributed by atoms with Gasteiger partial charge in [-0.15, -0.1) is 0 Å². The van der Waals surface area contributed by atoms with Crippen LogP contribution in [0.4, 0.5) is 0 Å². The zero-order chi connectivity index (χ0) is 22.8. The van der Waals surface area contributed by atoms with E-state index in [1.807, 2.05) is 43.3 Å². The fourth-order valence-corrected chi connectivity index (χ4v) is 5.57. The Morgan fingerprint density at radius 3 is 2.82 bits per heavy atom. The molecule has 0 spiro atoms. The predicted octanol–water partition coefficient (Wildman–Crippen LogP) is 4.70. The molecular weight excluding hydrogens is 412 g/mol. The highest BCUT2D eigenvalue weighted by molar-refractivity contribution is 5.98. The maximum Gasteiger partial charge on any atom is 0.289 e. The molecule has 3 atom stereocenters. The van der Waals surface area contributed by atoms with Crippen LogP contribution >= 0.6 is 0 Å². The fraction of sp³-hybridized carbons (Fsp3) is 0.429. The predicted molar refractivity (Wildman–Crippen MR) is 128 cm³/mol. The molecule has 33 heavy (non-hydrogen) atoms. The Labute approximate surface area is 195 Å². The number of nitrogens with zero attached hydrogens (tertiary/aromatic N) is 1. The van der Waals surface area contributed by atoms with E-state index in [1.54, 1.807) is 4.90 Å². The second-order valence-electron chi connectivity index (χ2n) is 9.58. The number of rotatable bonds is 4. The van der Waals surface area contributed by atoms with Crippen molar-refractivity contribution in [2.24, 2.45) is 0 Å². The number of benzene rings is 2. The summed E-state index contributed by atoms with van der Waals surface area (Å²) in [4.78, 5) is 28.4. The van der Waals surface area contributed by atoms with E-state index in [0.717, 1.165) is 56.1 Å². The maximum absolute atomic E-state index is 13.4. The van der Waals surface area contributed by atoms with Gasteiger partial charge in [-0.2, -0.15) is 0 Å². The topological polar surface area (TPSA) is 58.6 Å². The number of fused-ring (bicyclic) bond motifs is 2. The SMILES string of the molecule is Cc1cccc(/C=C2/OC3CCCCC3N(CC(=O)NC3CCCc4ccccc43)C2=O)c1. The van der Waals surface area contributed by atoms with Gasteiger partial charge in [-0.05, 0) is 68.2 Å². The molecule has 0 aromatic heterocycles. The highest BCUT2D eigenvalue weighted by atomic mass is 16.5. The molecule has 5 rings (SSSR count). The first-order valence-corrected chi connectivity index (χ1v) is 12.2. The largest absolute Gasteiger partial charge is 0.482 e. The Bertz CT molecular complexity index is 1080. The molecule has 2 aromatic rings. The molecule has 0 bridgehead atoms. The molecule has 1 N–H and O–H groups in total. The van der Waals surface area contributed by atoms with Gasteiger partial charge < -0.3 is 15.0 Å². The first-order chi connectivity index (χ1) is 16.1. The average Bonchev–Trinajstić information content (AvgIpc) is 2.82. The van der Waals surface area contributed by atoms with Gasteiger partial charge in [0.1, 0.15) is 12.6 Å². The van der Waals surface area contributed by atoms with E-state index in [2.05, 4.69) is 23.5 Å². The number of hydrogen-bond donors (Lipinski definition) is 1. The smallest absolute Gasteiger partial charge is 0.289 e. The second-order valence-corrected chi connectivity index (χ2v) is 9.58. The molecule has 5 heteroatoms. The molecule has 2 amide bonds. The lowest BCUT2D eigenvalue weighted by molar-refractivity contribution is -0.152. The molecule has 1 saturated heterocycles. The van der Waals surface area contributed by atoms with Crippen molar-refractivity contribution >= 4 is 17.9 Å². The summed E-state index contributed by atoms with van der Waals surface area (Å²) in [6.07, 6.45) is 8.77. The van der Waals surface area contributed by atoms with Gasteiger partial charge in [0.15, 0.2) is 5.76 Å². The van der Waals surface area contributed by atoms with Gasteiger partial charge >= 0.3 is 0 Å². The number of amides is 2. The summed E-state index contributed by atoms with van der Waals surface area (Å²) in [5.74, 6) is 0.0737. The van der Waals surface area contributed by atoms with E-state index >= 15 is 0 Å². The summed E-state index contributed by atoms with van der Waals surface area (Å²) in [5.41, 5.74) is 4.59. The monoisotopic (exact) mass is 444 g/mol. The van der Waals surface area contributed by atoms with Gasteiger partial charge in [0, 0.05) is 0 Å². The second kappa shape index (κ2) is 9.42. The standard InChI is InChI=1S/C28H32N2O3/c1-19-8-6-9-20(16-19)17-26-28(32)30(24-14-4-5-15-25(24)33-26)18-27(31)29-23-13-7-11-21-10-2-3-12-22(21)23/h2-3,6,8-10,12,16-17,23-25H,4-5,7,11,13-15,18H2,1H3,(H,29,31)/b26-17+. The first kappa shape index (κ1) is 21.7. The number of ether oxygens (including phenoxy) is 1. The van der Waals surface area contributed by atoms with Crippen LogP contribution in [0.3, 0.4) is 0 Å². The molecule has 1 aliphatic heterocycles. The lowest BCUT2D eigenvalue weighted by Crippen LogP contribution is -2.57. The first-order valence-electron chi connectivity index (χ1n) is 12.2. The van der Waals surface area contributed by atoms with Crippen LogP contribution in [0.15, 0.2) is 54.3 Å². The van der Waals surface area contributed by atoms with Crippen molar-refractivity contribution in [3.8, 4) is 0 Å². The van der Waals surface area contributed by atoms with Crippen LogP contribution in [0.2, 0.25) is 0 Å². The summed E-state index contributed by atoms with van der Waals surface area (Å²) in [6.45, 7) is 2.11. The van der Waals surface area contributed by atoms with E-state index in [9.17, 15) is 9.59 Å². The lowest BCUT2D eigenvalue weighted by Gasteiger charge is -2.44. The van der Waals surface area contributed by atoms with Crippen LogP contribution in [-0.4, -0.2) is 35.4 Å². The highest BCUT2D eigenvalue weighted by Crippen LogP contribution is 2.34. The van der Waals surface area contributed by atoms with Gasteiger partial charge in [0.2, 0.25) is 5.91 Å². The fourth-order valence-electron chi connectivity index (χ4n) is 5.57. The molecule has 5 nitrogen and oxygen atoms in total. The van der Waals surface area contributed by atoms with Crippen molar-refractivity contribution in [2.45, 2.75) is 70.1 Å². The summed E-state index contributed by atoms with van der Waals surface area (Å²) < 4.78 is 6.19. The van der Waals surface area contributed by atoms with E-state index in [1.165, 1.54) is 11.1 Å². The Balaban J connectivity index is 1.35. The molecule has 3 aliphatic rings. The third-order valence-electron chi connectivity index (χ3n) is 7.18. The molecule has 2 aromatic carbocycles. The quantitative estimate of drug-likeness (QED) is 0.696. The molecule has 172 valence electrons. The van der Waals surface area contributed by atoms with Gasteiger partial charge in [0.25, 0.3) is 5.91 Å². The molecular formula is C28H32N2O3. The van der Waals surface area contributed by atoms with Gasteiger partial charge in [-0.25, -0.2) is 0 Å². The summed E-state index contributed by atoms with van der Waals surface area (Å²) >= 11 is 0. The zero-order valence-electron chi connectivity index (χ0n) is 19.3. The normalized spacial score (nSPS) is 25.7. The van der Waals surface area contributed by atoms with Crippen molar-refractivity contribution in [3.05, 3.63) is 76.5 Å². The minimum atomic E-state index is -0.182. The van der Waals surface area contributed by atoms with Gasteiger partial charge in [-0.3, -0.25) is 9.59 Å². The van der Waals surface area contributed by atoms with Crippen molar-refractivity contribution < 1.29 is 14.3 Å². The zero-order valence-corrected chi connectivity index (χ0v) is 19.3. The molecule has 1 saturated carbocycles. The molecule has 3 unspecified atom stereocenters. The summed E-state index contributed by atoms with van der Waals surface area (Å²) in [6, 6.07) is 16.3. The van der Waals surface area contributed by atoms with E-state index in [0.29, 0.717) is 5.76 Å². The third kappa shape index (κ3) is 4.68. The van der Waals surface area contributed by atoms with E-state index < -0.39 is 0 Å². The lowest BCUT2D eigenvalue weighted by atomic mass is 9.87. The van der Waals surface area contributed by atoms with Crippen molar-refractivity contribution in [2.75, 3.05) is 6.54 Å². The van der Waals surface area contributed by atoms with Crippen molar-refractivity contribution in [1.82, 2.24) is 10.2 Å². The number of carbonyl (C=O) groups is 2. The van der Waals surface area contributed by atoms with E-state index in [4.69, 9.17) is 4.74 Å².